The molecule has 2 rings (SSSR count). The maximum atomic E-state index is 11.7. The highest BCUT2D eigenvalue weighted by molar-refractivity contribution is 5.93. The molecular formula is C18H20O4. The van der Waals surface area contributed by atoms with Gasteiger partial charge in [-0.2, -0.15) is 0 Å². The summed E-state index contributed by atoms with van der Waals surface area (Å²) < 4.78 is 10.5. The summed E-state index contributed by atoms with van der Waals surface area (Å²) >= 11 is 0. The summed E-state index contributed by atoms with van der Waals surface area (Å²) in [5.41, 5.74) is 1.85. The number of benzene rings is 2. The Morgan fingerprint density at radius 1 is 1.14 bits per heavy atom. The highest BCUT2D eigenvalue weighted by Crippen LogP contribution is 2.33. The number of phenolic OH excluding ortho intramolecular Hbond substituents is 1. The number of rotatable bonds is 6. The fourth-order valence-electron chi connectivity index (χ4n) is 2.25. The van der Waals surface area contributed by atoms with E-state index >= 15 is 0 Å². The molecule has 0 saturated carbocycles. The second-order valence-electron chi connectivity index (χ2n) is 4.95. The van der Waals surface area contributed by atoms with Crippen molar-refractivity contribution in [3.63, 3.8) is 0 Å². The second kappa shape index (κ2) is 7.50. The topological polar surface area (TPSA) is 55.8 Å². The van der Waals surface area contributed by atoms with Crippen LogP contribution >= 0.6 is 0 Å². The van der Waals surface area contributed by atoms with Crippen molar-refractivity contribution < 1.29 is 19.4 Å². The Hall–Kier alpha value is -2.49. The summed E-state index contributed by atoms with van der Waals surface area (Å²) in [4.78, 5) is 11.7. The second-order valence-corrected chi connectivity index (χ2v) is 4.95. The predicted molar refractivity (Wildman–Crippen MR) is 84.2 cm³/mol. The Bertz CT molecular complexity index is 635. The molecule has 0 atom stereocenters. The van der Waals surface area contributed by atoms with Gasteiger partial charge in [0.25, 0.3) is 0 Å². The Morgan fingerprint density at radius 2 is 1.86 bits per heavy atom. The Morgan fingerprint density at radius 3 is 2.50 bits per heavy atom. The maximum Gasteiger partial charge on any atom is 0.341 e. The van der Waals surface area contributed by atoms with Gasteiger partial charge in [0.1, 0.15) is 23.7 Å². The van der Waals surface area contributed by atoms with Crippen molar-refractivity contribution in [2.45, 2.75) is 26.4 Å². The van der Waals surface area contributed by atoms with Crippen LogP contribution < -0.4 is 4.74 Å². The van der Waals surface area contributed by atoms with Crippen LogP contribution in [0.25, 0.3) is 0 Å². The lowest BCUT2D eigenvalue weighted by molar-refractivity contribution is 0.0597. The van der Waals surface area contributed by atoms with Gasteiger partial charge in [-0.1, -0.05) is 43.7 Å². The van der Waals surface area contributed by atoms with Gasteiger partial charge in [0.2, 0.25) is 0 Å². The summed E-state index contributed by atoms with van der Waals surface area (Å²) in [5.74, 6) is -0.0143. The molecule has 0 saturated heterocycles. The van der Waals surface area contributed by atoms with Crippen molar-refractivity contribution in [3.05, 3.63) is 59.2 Å². The molecule has 0 spiro atoms. The van der Waals surface area contributed by atoms with E-state index in [1.807, 2.05) is 37.3 Å². The van der Waals surface area contributed by atoms with Crippen LogP contribution in [0.3, 0.4) is 0 Å². The molecule has 0 aliphatic carbocycles. The quantitative estimate of drug-likeness (QED) is 0.826. The first kappa shape index (κ1) is 15.9. The van der Waals surface area contributed by atoms with Crippen molar-refractivity contribution in [1.29, 1.82) is 0 Å². The lowest BCUT2D eigenvalue weighted by Gasteiger charge is -2.14. The first-order valence-electron chi connectivity index (χ1n) is 7.27. The molecule has 2 aromatic carbocycles. The Labute approximate surface area is 130 Å². The smallest absolute Gasteiger partial charge is 0.341 e. The Balaban J connectivity index is 2.26. The van der Waals surface area contributed by atoms with Gasteiger partial charge in [-0.05, 0) is 24.1 Å². The standard InChI is InChI=1S/C18H20O4/c1-3-7-14-16(22-12-13-8-5-4-6-9-13)11-10-15(17(14)19)18(20)21-2/h4-6,8-11,19H,3,7,12H2,1-2H3. The molecule has 0 heterocycles. The number of ether oxygens (including phenoxy) is 2. The number of hydrogen-bond donors (Lipinski definition) is 1. The molecule has 0 unspecified atom stereocenters. The van der Waals surface area contributed by atoms with Crippen LogP contribution in [-0.4, -0.2) is 18.2 Å². The van der Waals surface area contributed by atoms with Crippen LogP contribution in [0.2, 0.25) is 0 Å². The average Bonchev–Trinajstić information content (AvgIpc) is 2.56. The zero-order valence-corrected chi connectivity index (χ0v) is 12.8. The van der Waals surface area contributed by atoms with Gasteiger partial charge in [-0.25, -0.2) is 4.79 Å². The molecule has 4 nitrogen and oxygen atoms in total. The number of hydrogen-bond acceptors (Lipinski definition) is 4. The third-order valence-corrected chi connectivity index (χ3v) is 3.38. The molecule has 0 aliphatic rings. The minimum Gasteiger partial charge on any atom is -0.507 e. The van der Waals surface area contributed by atoms with E-state index in [1.165, 1.54) is 13.2 Å². The molecule has 0 bridgehead atoms. The molecule has 0 fully saturated rings. The third-order valence-electron chi connectivity index (χ3n) is 3.38. The van der Waals surface area contributed by atoms with Crippen LogP contribution in [0.5, 0.6) is 11.5 Å². The lowest BCUT2D eigenvalue weighted by Crippen LogP contribution is -2.05. The van der Waals surface area contributed by atoms with E-state index in [4.69, 9.17) is 4.74 Å². The van der Waals surface area contributed by atoms with Gasteiger partial charge in [0, 0.05) is 5.56 Å². The van der Waals surface area contributed by atoms with E-state index in [0.717, 1.165) is 12.0 Å². The molecule has 1 N–H and O–H groups in total. The number of esters is 1. The monoisotopic (exact) mass is 300 g/mol. The van der Waals surface area contributed by atoms with Crippen LogP contribution in [0, 0.1) is 0 Å². The summed E-state index contributed by atoms with van der Waals surface area (Å²) in [6.07, 6.45) is 1.46. The van der Waals surface area contributed by atoms with Gasteiger partial charge in [-0.15, -0.1) is 0 Å². The lowest BCUT2D eigenvalue weighted by atomic mass is 10.0. The highest BCUT2D eigenvalue weighted by atomic mass is 16.5. The maximum absolute atomic E-state index is 11.7. The molecule has 0 amide bonds. The summed E-state index contributed by atoms with van der Waals surface area (Å²) in [7, 11) is 1.29. The summed E-state index contributed by atoms with van der Waals surface area (Å²) in [6, 6.07) is 13.0. The van der Waals surface area contributed by atoms with E-state index in [2.05, 4.69) is 4.74 Å². The summed E-state index contributed by atoms with van der Waals surface area (Å²) in [5, 5.41) is 10.3. The average molecular weight is 300 g/mol. The normalized spacial score (nSPS) is 10.3. The van der Waals surface area contributed by atoms with E-state index in [-0.39, 0.29) is 11.3 Å². The largest absolute Gasteiger partial charge is 0.507 e. The molecule has 0 aromatic heterocycles. The van der Waals surface area contributed by atoms with E-state index < -0.39 is 5.97 Å². The van der Waals surface area contributed by atoms with Gasteiger partial charge in [0.05, 0.1) is 7.11 Å². The molecule has 4 heteroatoms. The van der Waals surface area contributed by atoms with Crippen LogP contribution in [0.4, 0.5) is 0 Å². The number of phenols is 1. The summed E-state index contributed by atoms with van der Waals surface area (Å²) in [6.45, 7) is 2.42. The van der Waals surface area contributed by atoms with Gasteiger partial charge < -0.3 is 14.6 Å². The molecule has 116 valence electrons. The third kappa shape index (κ3) is 3.58. The first-order chi connectivity index (χ1) is 10.7. The number of aromatic hydroxyl groups is 1. The molecular weight excluding hydrogens is 280 g/mol. The molecule has 2 aromatic rings. The van der Waals surface area contributed by atoms with Gasteiger partial charge in [0.15, 0.2) is 0 Å². The van der Waals surface area contributed by atoms with E-state index in [1.54, 1.807) is 6.07 Å². The van der Waals surface area contributed by atoms with Crippen molar-refractivity contribution in [2.75, 3.05) is 7.11 Å². The van der Waals surface area contributed by atoms with Crippen LogP contribution in [0.15, 0.2) is 42.5 Å². The minimum absolute atomic E-state index is 0.0562. The molecule has 0 radical (unpaired) electrons. The van der Waals surface area contributed by atoms with Crippen LogP contribution in [0.1, 0.15) is 34.8 Å². The fourth-order valence-corrected chi connectivity index (χ4v) is 2.25. The van der Waals surface area contributed by atoms with E-state index in [9.17, 15) is 9.90 Å². The zero-order valence-electron chi connectivity index (χ0n) is 12.8. The zero-order chi connectivity index (χ0) is 15.9. The highest BCUT2D eigenvalue weighted by Gasteiger charge is 2.18. The fraction of sp³-hybridized carbons (Fsp3) is 0.278. The predicted octanol–water partition coefficient (Wildman–Crippen LogP) is 3.71. The number of carbonyl (C=O) groups excluding carboxylic acids is 1. The minimum atomic E-state index is -0.551. The molecule has 0 aliphatic heterocycles. The van der Waals surface area contributed by atoms with Crippen LogP contribution in [-0.2, 0) is 17.8 Å². The number of carbonyl (C=O) groups is 1. The van der Waals surface area contributed by atoms with Crippen molar-refractivity contribution in [3.8, 4) is 11.5 Å². The molecule has 22 heavy (non-hydrogen) atoms. The van der Waals surface area contributed by atoms with Crippen molar-refractivity contribution in [1.82, 2.24) is 0 Å². The van der Waals surface area contributed by atoms with Gasteiger partial charge in [-0.3, -0.25) is 0 Å². The van der Waals surface area contributed by atoms with Gasteiger partial charge >= 0.3 is 5.97 Å². The van der Waals surface area contributed by atoms with Crippen molar-refractivity contribution >= 4 is 5.97 Å². The number of methoxy groups -OCH3 is 1. The van der Waals surface area contributed by atoms with Crippen molar-refractivity contribution in [2.24, 2.45) is 0 Å². The SMILES string of the molecule is CCCc1c(OCc2ccccc2)ccc(C(=O)OC)c1O. The first-order valence-corrected chi connectivity index (χ1v) is 7.27. The van der Waals surface area contributed by atoms with E-state index in [0.29, 0.717) is 24.3 Å². The Kier molecular flexibility index (Phi) is 5.42.